The highest BCUT2D eigenvalue weighted by Gasteiger charge is 2.08. The standard InChI is InChI=1S/C14H12N4O2/c15-5-13-12-4-8(9-3-10(19)7-16-6-9)1-2-11(12)14(20)18-17-13/h1-4,6-7,19H,5,15H2,(H,18,20). The summed E-state index contributed by atoms with van der Waals surface area (Å²) >= 11 is 0. The van der Waals surface area contributed by atoms with Crippen molar-refractivity contribution < 1.29 is 5.11 Å². The van der Waals surface area contributed by atoms with Crippen molar-refractivity contribution in [3.05, 3.63) is 52.7 Å². The fraction of sp³-hybridized carbons (Fsp3) is 0.0714. The summed E-state index contributed by atoms with van der Waals surface area (Å²) < 4.78 is 0. The number of nitrogens with one attached hydrogen (secondary N) is 1. The molecule has 100 valence electrons. The second-order valence-electron chi connectivity index (χ2n) is 4.40. The molecular weight excluding hydrogens is 256 g/mol. The lowest BCUT2D eigenvalue weighted by Gasteiger charge is -2.06. The fourth-order valence-corrected chi connectivity index (χ4v) is 2.14. The van der Waals surface area contributed by atoms with Crippen LogP contribution < -0.4 is 11.3 Å². The van der Waals surface area contributed by atoms with Gasteiger partial charge in [-0.15, -0.1) is 0 Å². The number of aromatic amines is 1. The number of nitrogens with zero attached hydrogens (tertiary/aromatic N) is 2. The Bertz CT molecular complexity index is 842. The van der Waals surface area contributed by atoms with E-state index in [0.717, 1.165) is 11.1 Å². The van der Waals surface area contributed by atoms with Gasteiger partial charge in [-0.1, -0.05) is 6.07 Å². The van der Waals surface area contributed by atoms with Gasteiger partial charge in [-0.3, -0.25) is 9.78 Å². The largest absolute Gasteiger partial charge is 0.506 e. The number of fused-ring (bicyclic) bond motifs is 1. The van der Waals surface area contributed by atoms with Gasteiger partial charge in [0.15, 0.2) is 0 Å². The highest BCUT2D eigenvalue weighted by molar-refractivity contribution is 5.88. The zero-order chi connectivity index (χ0) is 14.1. The lowest BCUT2D eigenvalue weighted by Crippen LogP contribution is -2.13. The Kier molecular flexibility index (Phi) is 2.92. The summed E-state index contributed by atoms with van der Waals surface area (Å²) in [5.41, 5.74) is 7.61. The molecule has 6 heteroatoms. The highest BCUT2D eigenvalue weighted by Crippen LogP contribution is 2.25. The van der Waals surface area contributed by atoms with Crippen LogP contribution in [0.5, 0.6) is 5.75 Å². The normalized spacial score (nSPS) is 10.8. The van der Waals surface area contributed by atoms with E-state index in [1.54, 1.807) is 24.4 Å². The topological polar surface area (TPSA) is 105 Å². The van der Waals surface area contributed by atoms with Crippen molar-refractivity contribution in [2.45, 2.75) is 6.54 Å². The predicted molar refractivity (Wildman–Crippen MR) is 75.2 cm³/mol. The molecule has 20 heavy (non-hydrogen) atoms. The third-order valence-corrected chi connectivity index (χ3v) is 3.12. The molecule has 3 rings (SSSR count). The van der Waals surface area contributed by atoms with Crippen LogP contribution in [0.4, 0.5) is 0 Å². The zero-order valence-electron chi connectivity index (χ0n) is 10.5. The molecule has 0 amide bonds. The minimum absolute atomic E-state index is 0.0886. The molecule has 0 spiro atoms. The molecule has 0 unspecified atom stereocenters. The van der Waals surface area contributed by atoms with Gasteiger partial charge in [0.05, 0.1) is 17.3 Å². The molecule has 6 nitrogen and oxygen atoms in total. The molecule has 0 aliphatic rings. The zero-order valence-corrected chi connectivity index (χ0v) is 10.5. The van der Waals surface area contributed by atoms with Crippen molar-refractivity contribution in [3.63, 3.8) is 0 Å². The molecule has 0 saturated heterocycles. The second-order valence-corrected chi connectivity index (χ2v) is 4.40. The minimum Gasteiger partial charge on any atom is -0.506 e. The van der Waals surface area contributed by atoms with Gasteiger partial charge in [-0.25, -0.2) is 5.10 Å². The average Bonchev–Trinajstić information content (AvgIpc) is 2.47. The van der Waals surface area contributed by atoms with Crippen LogP contribution in [0, 0.1) is 0 Å². The van der Waals surface area contributed by atoms with Gasteiger partial charge in [-0.05, 0) is 23.8 Å². The quantitative estimate of drug-likeness (QED) is 0.646. The first kappa shape index (κ1) is 12.3. The Morgan fingerprint density at radius 2 is 2.00 bits per heavy atom. The maximum Gasteiger partial charge on any atom is 0.272 e. The van der Waals surface area contributed by atoms with Crippen molar-refractivity contribution in [1.29, 1.82) is 0 Å². The van der Waals surface area contributed by atoms with E-state index in [4.69, 9.17) is 5.73 Å². The Morgan fingerprint density at radius 3 is 2.75 bits per heavy atom. The number of nitrogens with two attached hydrogens (primary N) is 1. The maximum atomic E-state index is 11.7. The van der Waals surface area contributed by atoms with E-state index in [-0.39, 0.29) is 17.9 Å². The molecule has 0 bridgehead atoms. The number of aromatic nitrogens is 3. The number of hydrogen-bond acceptors (Lipinski definition) is 5. The van der Waals surface area contributed by atoms with Crippen molar-refractivity contribution >= 4 is 10.8 Å². The maximum absolute atomic E-state index is 11.7. The summed E-state index contributed by atoms with van der Waals surface area (Å²) in [4.78, 5) is 15.7. The molecule has 2 aromatic heterocycles. The van der Waals surface area contributed by atoms with Crippen molar-refractivity contribution in [2.24, 2.45) is 5.73 Å². The van der Waals surface area contributed by atoms with E-state index in [1.165, 1.54) is 6.20 Å². The summed E-state index contributed by atoms with van der Waals surface area (Å²) in [6.45, 7) is 0.231. The summed E-state index contributed by atoms with van der Waals surface area (Å²) in [6.07, 6.45) is 3.01. The Hall–Kier alpha value is -2.73. The monoisotopic (exact) mass is 268 g/mol. The van der Waals surface area contributed by atoms with Gasteiger partial charge in [0.25, 0.3) is 5.56 Å². The first-order valence-corrected chi connectivity index (χ1v) is 6.05. The molecule has 0 saturated carbocycles. The molecular formula is C14H12N4O2. The average molecular weight is 268 g/mol. The number of hydrogen-bond donors (Lipinski definition) is 3. The molecule has 4 N–H and O–H groups in total. The number of aromatic hydroxyl groups is 1. The fourth-order valence-electron chi connectivity index (χ4n) is 2.14. The third kappa shape index (κ3) is 2.02. The summed E-state index contributed by atoms with van der Waals surface area (Å²) in [5, 5.41) is 17.1. The third-order valence-electron chi connectivity index (χ3n) is 3.12. The van der Waals surface area contributed by atoms with Gasteiger partial charge >= 0.3 is 0 Å². The molecule has 0 radical (unpaired) electrons. The summed E-state index contributed by atoms with van der Waals surface area (Å²) in [7, 11) is 0. The van der Waals surface area contributed by atoms with E-state index in [1.807, 2.05) is 6.07 Å². The molecule has 0 aliphatic heterocycles. The molecule has 3 aromatic rings. The summed E-state index contributed by atoms with van der Waals surface area (Å²) in [5.74, 6) is 0.0886. The first-order chi connectivity index (χ1) is 9.69. The number of benzene rings is 1. The van der Waals surface area contributed by atoms with Crippen LogP contribution in [-0.4, -0.2) is 20.3 Å². The minimum atomic E-state index is -0.252. The smallest absolute Gasteiger partial charge is 0.272 e. The Balaban J connectivity index is 2.27. The van der Waals surface area contributed by atoms with E-state index < -0.39 is 0 Å². The van der Waals surface area contributed by atoms with Crippen LogP contribution in [0.3, 0.4) is 0 Å². The van der Waals surface area contributed by atoms with Gasteiger partial charge < -0.3 is 10.8 Å². The van der Waals surface area contributed by atoms with E-state index in [9.17, 15) is 9.90 Å². The SMILES string of the molecule is NCc1n[nH]c(=O)c2ccc(-c3cncc(O)c3)cc12. The van der Waals surface area contributed by atoms with Gasteiger partial charge in [0, 0.05) is 23.7 Å². The van der Waals surface area contributed by atoms with Crippen LogP contribution in [0.15, 0.2) is 41.5 Å². The lowest BCUT2D eigenvalue weighted by molar-refractivity contribution is 0.473. The lowest BCUT2D eigenvalue weighted by atomic mass is 10.0. The molecule has 0 fully saturated rings. The van der Waals surface area contributed by atoms with E-state index in [2.05, 4.69) is 15.2 Å². The number of H-pyrrole nitrogens is 1. The van der Waals surface area contributed by atoms with Crippen molar-refractivity contribution in [3.8, 4) is 16.9 Å². The summed E-state index contributed by atoms with van der Waals surface area (Å²) in [6, 6.07) is 6.95. The first-order valence-electron chi connectivity index (χ1n) is 6.05. The molecule has 0 atom stereocenters. The van der Waals surface area contributed by atoms with Crippen LogP contribution in [-0.2, 0) is 6.54 Å². The van der Waals surface area contributed by atoms with Crippen molar-refractivity contribution in [2.75, 3.05) is 0 Å². The Labute approximate surface area is 113 Å². The van der Waals surface area contributed by atoms with E-state index >= 15 is 0 Å². The number of rotatable bonds is 2. The van der Waals surface area contributed by atoms with E-state index in [0.29, 0.717) is 16.5 Å². The van der Waals surface area contributed by atoms with Gasteiger partial charge in [-0.2, -0.15) is 5.10 Å². The highest BCUT2D eigenvalue weighted by atomic mass is 16.3. The Morgan fingerprint density at radius 1 is 1.15 bits per heavy atom. The van der Waals surface area contributed by atoms with Gasteiger partial charge in [0.2, 0.25) is 0 Å². The van der Waals surface area contributed by atoms with Crippen LogP contribution >= 0.6 is 0 Å². The molecule has 1 aromatic carbocycles. The molecule has 0 aliphatic carbocycles. The van der Waals surface area contributed by atoms with Crippen LogP contribution in [0.2, 0.25) is 0 Å². The van der Waals surface area contributed by atoms with Crippen LogP contribution in [0.25, 0.3) is 21.9 Å². The number of pyridine rings is 1. The van der Waals surface area contributed by atoms with Crippen LogP contribution in [0.1, 0.15) is 5.69 Å². The molecule has 2 heterocycles. The van der Waals surface area contributed by atoms with Gasteiger partial charge in [0.1, 0.15) is 5.75 Å². The predicted octanol–water partition coefficient (Wildman–Crippen LogP) is 1.15. The second kappa shape index (κ2) is 4.75. The van der Waals surface area contributed by atoms with Crippen molar-refractivity contribution in [1.82, 2.24) is 15.2 Å².